The number of hydrogen-bond donors (Lipinski definition) is 2. The predicted molar refractivity (Wildman–Crippen MR) is 115 cm³/mol. The van der Waals surface area contributed by atoms with E-state index in [9.17, 15) is 18.0 Å². The van der Waals surface area contributed by atoms with Crippen molar-refractivity contribution in [3.63, 3.8) is 0 Å². The molecule has 2 rings (SSSR count). The Balaban J connectivity index is 2.32. The van der Waals surface area contributed by atoms with Gasteiger partial charge in [-0.3, -0.25) is 9.59 Å². The van der Waals surface area contributed by atoms with E-state index in [1.165, 1.54) is 23.4 Å². The van der Waals surface area contributed by atoms with Gasteiger partial charge in [0.2, 0.25) is 15.9 Å². The summed E-state index contributed by atoms with van der Waals surface area (Å²) >= 11 is 6.18. The second-order valence-corrected chi connectivity index (χ2v) is 8.71. The molecule has 7 nitrogen and oxygen atoms in total. The number of carbonyl (C=O) groups excluding carboxylic acids is 2. The number of nitrogens with zero attached hydrogens (tertiary/aromatic N) is 1. The lowest BCUT2D eigenvalue weighted by Gasteiger charge is -2.20. The number of nitrogens with one attached hydrogen (secondary N) is 2. The fourth-order valence-corrected chi connectivity index (χ4v) is 4.75. The van der Waals surface area contributed by atoms with Gasteiger partial charge in [0.15, 0.2) is 0 Å². The Morgan fingerprint density at radius 2 is 1.69 bits per heavy atom. The molecule has 156 valence electrons. The van der Waals surface area contributed by atoms with Gasteiger partial charge < -0.3 is 10.6 Å². The summed E-state index contributed by atoms with van der Waals surface area (Å²) in [7, 11) is -3.70. The monoisotopic (exact) mass is 437 g/mol. The number of rotatable bonds is 7. The average Bonchev–Trinajstić information content (AvgIpc) is 2.64. The maximum absolute atomic E-state index is 12.9. The number of carbonyl (C=O) groups is 2. The number of anilines is 2. The first-order valence-corrected chi connectivity index (χ1v) is 10.9. The normalized spacial score (nSPS) is 11.4. The van der Waals surface area contributed by atoms with Gasteiger partial charge in [-0.25, -0.2) is 8.42 Å². The molecule has 0 aliphatic heterocycles. The van der Waals surface area contributed by atoms with Crippen LogP contribution >= 0.6 is 11.6 Å². The van der Waals surface area contributed by atoms with Crippen LogP contribution in [0.5, 0.6) is 0 Å². The molecule has 2 aromatic carbocycles. The Morgan fingerprint density at radius 3 is 2.24 bits per heavy atom. The summed E-state index contributed by atoms with van der Waals surface area (Å²) in [6.07, 6.45) is 0. The van der Waals surface area contributed by atoms with Crippen LogP contribution in [-0.2, 0) is 14.8 Å². The SMILES string of the molecule is CCN(CC)S(=O)(=O)c1cc(C(=O)Nc2ccc(NC(C)=O)cc2Cl)ccc1C. The molecule has 0 bridgehead atoms. The number of benzene rings is 2. The largest absolute Gasteiger partial charge is 0.326 e. The number of aryl methyl sites for hydroxylation is 1. The van der Waals surface area contributed by atoms with Crippen LogP contribution in [0, 0.1) is 6.92 Å². The zero-order chi connectivity index (χ0) is 21.8. The third-order valence-electron chi connectivity index (χ3n) is 4.31. The molecule has 0 fully saturated rings. The maximum Gasteiger partial charge on any atom is 0.255 e. The van der Waals surface area contributed by atoms with Gasteiger partial charge in [-0.2, -0.15) is 4.31 Å². The number of sulfonamides is 1. The fourth-order valence-electron chi connectivity index (χ4n) is 2.81. The van der Waals surface area contributed by atoms with Crippen molar-refractivity contribution >= 4 is 44.8 Å². The van der Waals surface area contributed by atoms with Crippen LogP contribution in [0.1, 0.15) is 36.7 Å². The first kappa shape index (κ1) is 22.9. The third kappa shape index (κ3) is 5.35. The minimum Gasteiger partial charge on any atom is -0.326 e. The van der Waals surface area contributed by atoms with Crippen molar-refractivity contribution < 1.29 is 18.0 Å². The molecule has 2 amide bonds. The zero-order valence-corrected chi connectivity index (χ0v) is 18.3. The van der Waals surface area contributed by atoms with Crippen molar-refractivity contribution in [2.45, 2.75) is 32.6 Å². The molecular weight excluding hydrogens is 414 g/mol. The van der Waals surface area contributed by atoms with Crippen molar-refractivity contribution in [2.75, 3.05) is 23.7 Å². The van der Waals surface area contributed by atoms with Gasteiger partial charge in [0.25, 0.3) is 5.91 Å². The highest BCUT2D eigenvalue weighted by Gasteiger charge is 2.24. The molecule has 0 aromatic heterocycles. The van der Waals surface area contributed by atoms with Gasteiger partial charge in [-0.1, -0.05) is 31.5 Å². The Bertz CT molecular complexity index is 1030. The van der Waals surface area contributed by atoms with Crippen molar-refractivity contribution in [1.29, 1.82) is 0 Å². The summed E-state index contributed by atoms with van der Waals surface area (Å²) in [6, 6.07) is 9.22. The topological polar surface area (TPSA) is 95.6 Å². The van der Waals surface area contributed by atoms with Crippen LogP contribution in [0.15, 0.2) is 41.3 Å². The molecule has 0 saturated carbocycles. The van der Waals surface area contributed by atoms with E-state index < -0.39 is 15.9 Å². The van der Waals surface area contributed by atoms with Gasteiger partial charge in [0, 0.05) is 31.3 Å². The quantitative estimate of drug-likeness (QED) is 0.686. The second-order valence-electron chi connectivity index (χ2n) is 6.40. The van der Waals surface area contributed by atoms with Crippen molar-refractivity contribution in [1.82, 2.24) is 4.31 Å². The van der Waals surface area contributed by atoms with Crippen LogP contribution in [0.3, 0.4) is 0 Å². The fraction of sp³-hybridized carbons (Fsp3) is 0.300. The average molecular weight is 438 g/mol. The van der Waals surface area contributed by atoms with Crippen LogP contribution in [0.2, 0.25) is 5.02 Å². The van der Waals surface area contributed by atoms with E-state index in [2.05, 4.69) is 10.6 Å². The molecule has 0 aliphatic rings. The highest BCUT2D eigenvalue weighted by molar-refractivity contribution is 7.89. The van der Waals surface area contributed by atoms with E-state index >= 15 is 0 Å². The van der Waals surface area contributed by atoms with Crippen molar-refractivity contribution in [3.05, 3.63) is 52.5 Å². The molecule has 9 heteroatoms. The molecule has 29 heavy (non-hydrogen) atoms. The Labute approximate surface area is 176 Å². The summed E-state index contributed by atoms with van der Waals surface area (Å²) in [5.41, 5.74) is 1.61. The number of hydrogen-bond acceptors (Lipinski definition) is 4. The summed E-state index contributed by atoms with van der Waals surface area (Å²) in [5.74, 6) is -0.727. The Kier molecular flexibility index (Phi) is 7.40. The lowest BCUT2D eigenvalue weighted by atomic mass is 10.1. The summed E-state index contributed by atoms with van der Waals surface area (Å²) < 4.78 is 27.1. The standard InChI is InChI=1S/C20H24ClN3O4S/c1-5-24(6-2)29(27,28)19-11-15(8-7-13(19)3)20(26)23-18-10-9-16(12-17(18)21)22-14(4)25/h7-12H,5-6H2,1-4H3,(H,22,25)(H,23,26). The molecule has 0 saturated heterocycles. The first-order chi connectivity index (χ1) is 13.6. The molecular formula is C20H24ClN3O4S. The van der Waals surface area contributed by atoms with Crippen molar-refractivity contribution in [2.24, 2.45) is 0 Å². The number of halogens is 1. The molecule has 0 atom stereocenters. The van der Waals surface area contributed by atoms with Crippen LogP contribution in [0.25, 0.3) is 0 Å². The first-order valence-electron chi connectivity index (χ1n) is 9.09. The second kappa shape index (κ2) is 9.39. The Hall–Kier alpha value is -2.42. The molecule has 0 unspecified atom stereocenters. The molecule has 2 aromatic rings. The summed E-state index contributed by atoms with van der Waals surface area (Å²) in [4.78, 5) is 23.9. The lowest BCUT2D eigenvalue weighted by molar-refractivity contribution is -0.114. The predicted octanol–water partition coefficient (Wildman–Crippen LogP) is 3.89. The Morgan fingerprint density at radius 1 is 1.03 bits per heavy atom. The molecule has 0 aliphatic carbocycles. The number of amides is 2. The maximum atomic E-state index is 12.9. The van der Waals surface area contributed by atoms with E-state index in [-0.39, 0.29) is 21.4 Å². The minimum absolute atomic E-state index is 0.0981. The molecule has 0 heterocycles. The van der Waals surface area contributed by atoms with Gasteiger partial charge in [-0.15, -0.1) is 0 Å². The van der Waals surface area contributed by atoms with E-state index in [0.29, 0.717) is 30.0 Å². The smallest absolute Gasteiger partial charge is 0.255 e. The van der Waals surface area contributed by atoms with Gasteiger partial charge in [0.1, 0.15) is 0 Å². The third-order valence-corrected chi connectivity index (χ3v) is 6.82. The van der Waals surface area contributed by atoms with Gasteiger partial charge in [-0.05, 0) is 42.8 Å². The molecule has 0 radical (unpaired) electrons. The molecule has 2 N–H and O–H groups in total. The van der Waals surface area contributed by atoms with Gasteiger partial charge in [0.05, 0.1) is 15.6 Å². The van der Waals surface area contributed by atoms with E-state index in [4.69, 9.17) is 11.6 Å². The van der Waals surface area contributed by atoms with Crippen LogP contribution in [0.4, 0.5) is 11.4 Å². The van der Waals surface area contributed by atoms with E-state index in [1.54, 1.807) is 45.0 Å². The lowest BCUT2D eigenvalue weighted by Crippen LogP contribution is -2.31. The van der Waals surface area contributed by atoms with Gasteiger partial charge >= 0.3 is 0 Å². The van der Waals surface area contributed by atoms with E-state index in [0.717, 1.165) is 0 Å². The highest BCUT2D eigenvalue weighted by atomic mass is 35.5. The molecule has 0 spiro atoms. The van der Waals surface area contributed by atoms with Crippen LogP contribution in [-0.4, -0.2) is 37.6 Å². The summed E-state index contributed by atoms with van der Waals surface area (Å²) in [6.45, 7) is 7.27. The zero-order valence-electron chi connectivity index (χ0n) is 16.7. The van der Waals surface area contributed by atoms with E-state index in [1.807, 2.05) is 0 Å². The van der Waals surface area contributed by atoms with Crippen LogP contribution < -0.4 is 10.6 Å². The summed E-state index contributed by atoms with van der Waals surface area (Å²) in [5, 5.41) is 5.52. The van der Waals surface area contributed by atoms with Crippen molar-refractivity contribution in [3.8, 4) is 0 Å². The minimum atomic E-state index is -3.70. The highest BCUT2D eigenvalue weighted by Crippen LogP contribution is 2.27.